The molecule has 154 valence electrons. The highest BCUT2D eigenvalue weighted by Crippen LogP contribution is 2.40. The second-order valence-corrected chi connectivity index (χ2v) is 7.77. The molecule has 4 heterocycles. The molecular weight excluding hydrogens is 382 g/mol. The summed E-state index contributed by atoms with van der Waals surface area (Å²) < 4.78 is 5.32. The minimum Gasteiger partial charge on any atom is -0.360 e. The van der Waals surface area contributed by atoms with Crippen molar-refractivity contribution in [3.63, 3.8) is 0 Å². The van der Waals surface area contributed by atoms with Gasteiger partial charge in [0.2, 0.25) is 0 Å². The van der Waals surface area contributed by atoms with Crippen LogP contribution in [0.1, 0.15) is 40.6 Å². The van der Waals surface area contributed by atoms with Gasteiger partial charge in [-0.15, -0.1) is 0 Å². The van der Waals surface area contributed by atoms with Gasteiger partial charge in [-0.1, -0.05) is 5.16 Å². The number of anilines is 3. The van der Waals surface area contributed by atoms with E-state index in [-0.39, 0.29) is 5.91 Å². The second kappa shape index (κ2) is 7.74. The third-order valence-corrected chi connectivity index (χ3v) is 5.44. The first-order valence-electron chi connectivity index (χ1n) is 10.2. The first kappa shape index (κ1) is 18.5. The van der Waals surface area contributed by atoms with Crippen LogP contribution < -0.4 is 10.2 Å². The van der Waals surface area contributed by atoms with Crippen molar-refractivity contribution in [2.24, 2.45) is 0 Å². The first-order valence-corrected chi connectivity index (χ1v) is 10.2. The van der Waals surface area contributed by atoms with Crippen molar-refractivity contribution in [3.05, 3.63) is 53.8 Å². The predicted octanol–water partition coefficient (Wildman–Crippen LogP) is 2.75. The van der Waals surface area contributed by atoms with Gasteiger partial charge in [-0.25, -0.2) is 15.0 Å². The van der Waals surface area contributed by atoms with Crippen LogP contribution in [-0.4, -0.2) is 57.1 Å². The Morgan fingerprint density at radius 2 is 1.87 bits per heavy atom. The molecule has 2 fully saturated rings. The van der Waals surface area contributed by atoms with Crippen LogP contribution in [0.3, 0.4) is 0 Å². The number of carbonyl (C=O) groups excluding carboxylic acids is 1. The van der Waals surface area contributed by atoms with Crippen LogP contribution in [0.15, 0.2) is 41.3 Å². The lowest BCUT2D eigenvalue weighted by Gasteiger charge is -2.35. The van der Waals surface area contributed by atoms with Gasteiger partial charge in [0.25, 0.3) is 5.91 Å². The van der Waals surface area contributed by atoms with E-state index in [0.29, 0.717) is 43.6 Å². The Bertz CT molecular complexity index is 1050. The average Bonchev–Trinajstić information content (AvgIpc) is 3.50. The maximum absolute atomic E-state index is 12.7. The number of aromatic nitrogens is 4. The number of amides is 1. The normalized spacial score (nSPS) is 16.6. The van der Waals surface area contributed by atoms with Crippen LogP contribution in [0, 0.1) is 6.92 Å². The van der Waals surface area contributed by atoms with Crippen LogP contribution in [0.2, 0.25) is 0 Å². The van der Waals surface area contributed by atoms with Crippen LogP contribution in [0.25, 0.3) is 0 Å². The van der Waals surface area contributed by atoms with E-state index in [1.54, 1.807) is 18.6 Å². The SMILES string of the molecule is Cc1ccnc(Nc2cc(N3CCN(C(=O)c4cc(C5CC5)on4)CC3)ncn2)c1. The van der Waals surface area contributed by atoms with Gasteiger partial charge in [-0.2, -0.15) is 0 Å². The van der Waals surface area contributed by atoms with E-state index >= 15 is 0 Å². The van der Waals surface area contributed by atoms with Crippen molar-refractivity contribution in [1.82, 2.24) is 25.0 Å². The summed E-state index contributed by atoms with van der Waals surface area (Å²) >= 11 is 0. The van der Waals surface area contributed by atoms with E-state index < -0.39 is 0 Å². The number of pyridine rings is 1. The van der Waals surface area contributed by atoms with Crippen molar-refractivity contribution in [2.45, 2.75) is 25.7 Å². The maximum Gasteiger partial charge on any atom is 0.276 e. The Kier molecular flexibility index (Phi) is 4.78. The lowest BCUT2D eigenvalue weighted by atomic mass is 10.2. The van der Waals surface area contributed by atoms with E-state index in [4.69, 9.17) is 4.52 Å². The van der Waals surface area contributed by atoms with E-state index in [1.807, 2.05) is 30.0 Å². The fourth-order valence-electron chi connectivity index (χ4n) is 3.58. The van der Waals surface area contributed by atoms with Crippen molar-refractivity contribution >= 4 is 23.4 Å². The van der Waals surface area contributed by atoms with Crippen LogP contribution in [0.4, 0.5) is 17.5 Å². The minimum atomic E-state index is -0.0686. The molecule has 0 unspecified atom stereocenters. The van der Waals surface area contributed by atoms with Crippen molar-refractivity contribution in [3.8, 4) is 0 Å². The summed E-state index contributed by atoms with van der Waals surface area (Å²) in [6, 6.07) is 7.61. The number of nitrogens with zero attached hydrogens (tertiary/aromatic N) is 6. The van der Waals surface area contributed by atoms with Crippen molar-refractivity contribution in [1.29, 1.82) is 0 Å². The number of aryl methyl sites for hydroxylation is 1. The van der Waals surface area contributed by atoms with Crippen molar-refractivity contribution < 1.29 is 9.32 Å². The maximum atomic E-state index is 12.7. The largest absolute Gasteiger partial charge is 0.360 e. The molecular formula is C21H23N7O2. The van der Waals surface area contributed by atoms with Gasteiger partial charge in [-0.3, -0.25) is 4.79 Å². The van der Waals surface area contributed by atoms with Gasteiger partial charge in [0.1, 0.15) is 29.5 Å². The highest BCUT2D eigenvalue weighted by Gasteiger charge is 2.30. The molecule has 0 spiro atoms. The lowest BCUT2D eigenvalue weighted by Crippen LogP contribution is -2.49. The molecule has 30 heavy (non-hydrogen) atoms. The molecule has 9 nitrogen and oxygen atoms in total. The number of nitrogens with one attached hydrogen (secondary N) is 1. The van der Waals surface area contributed by atoms with Crippen molar-refractivity contribution in [2.75, 3.05) is 36.4 Å². The topological polar surface area (TPSA) is 100 Å². The molecule has 0 bridgehead atoms. The molecule has 1 saturated heterocycles. The van der Waals surface area contributed by atoms with Crippen LogP contribution >= 0.6 is 0 Å². The van der Waals surface area contributed by atoms with Gasteiger partial charge in [0.15, 0.2) is 5.69 Å². The third-order valence-electron chi connectivity index (χ3n) is 5.44. The summed E-state index contributed by atoms with van der Waals surface area (Å²) in [5.74, 6) is 3.47. The number of piperazine rings is 1. The summed E-state index contributed by atoms with van der Waals surface area (Å²) in [5.41, 5.74) is 1.53. The lowest BCUT2D eigenvalue weighted by molar-refractivity contribution is 0.0736. The van der Waals surface area contributed by atoms with Gasteiger partial charge >= 0.3 is 0 Å². The van der Waals surface area contributed by atoms with Gasteiger partial charge in [0, 0.05) is 50.4 Å². The molecule has 5 rings (SSSR count). The van der Waals surface area contributed by atoms with Gasteiger partial charge in [0.05, 0.1) is 0 Å². The Morgan fingerprint density at radius 1 is 1.07 bits per heavy atom. The molecule has 1 amide bonds. The highest BCUT2D eigenvalue weighted by molar-refractivity contribution is 5.92. The van der Waals surface area contributed by atoms with Crippen LogP contribution in [0.5, 0.6) is 0 Å². The standard InChI is InChI=1S/C21H23N7O2/c1-14-4-5-22-18(10-14)25-19-12-20(24-13-23-19)27-6-8-28(9-7-27)21(29)16-11-17(30-26-16)15-2-3-15/h4-5,10-13,15H,2-3,6-9H2,1H3,(H,22,23,24,25). The first-order chi connectivity index (χ1) is 14.7. The quantitative estimate of drug-likeness (QED) is 0.692. The number of hydrogen-bond acceptors (Lipinski definition) is 8. The monoisotopic (exact) mass is 405 g/mol. The van der Waals surface area contributed by atoms with Gasteiger partial charge < -0.3 is 19.6 Å². The molecule has 1 aliphatic carbocycles. The molecule has 3 aromatic rings. The van der Waals surface area contributed by atoms with E-state index in [0.717, 1.165) is 35.8 Å². The second-order valence-electron chi connectivity index (χ2n) is 7.77. The molecule has 0 aromatic carbocycles. The fourth-order valence-corrected chi connectivity index (χ4v) is 3.58. The molecule has 3 aromatic heterocycles. The zero-order valence-corrected chi connectivity index (χ0v) is 16.8. The third kappa shape index (κ3) is 3.96. The summed E-state index contributed by atoms with van der Waals surface area (Å²) in [4.78, 5) is 29.7. The van der Waals surface area contributed by atoms with E-state index in [1.165, 1.54) is 0 Å². The molecule has 1 N–H and O–H groups in total. The summed E-state index contributed by atoms with van der Waals surface area (Å²) in [6.45, 7) is 4.62. The van der Waals surface area contributed by atoms with Gasteiger partial charge in [-0.05, 0) is 37.5 Å². The molecule has 9 heteroatoms. The minimum absolute atomic E-state index is 0.0686. The Hall–Kier alpha value is -3.49. The molecule has 2 aliphatic rings. The summed E-state index contributed by atoms with van der Waals surface area (Å²) in [5, 5.41) is 7.19. The summed E-state index contributed by atoms with van der Waals surface area (Å²) in [7, 11) is 0. The Labute approximate surface area is 174 Å². The van der Waals surface area contributed by atoms with Crippen LogP contribution in [-0.2, 0) is 0 Å². The number of carbonyl (C=O) groups is 1. The number of rotatable bonds is 5. The zero-order chi connectivity index (χ0) is 20.5. The molecule has 1 aliphatic heterocycles. The molecule has 0 radical (unpaired) electrons. The Morgan fingerprint density at radius 3 is 2.63 bits per heavy atom. The molecule has 1 saturated carbocycles. The summed E-state index contributed by atoms with van der Waals surface area (Å²) in [6.07, 6.45) is 5.55. The highest BCUT2D eigenvalue weighted by atomic mass is 16.5. The van der Waals surface area contributed by atoms with E-state index in [2.05, 4.69) is 30.3 Å². The average molecular weight is 405 g/mol. The smallest absolute Gasteiger partial charge is 0.276 e. The Balaban J connectivity index is 1.21. The zero-order valence-electron chi connectivity index (χ0n) is 16.8. The van der Waals surface area contributed by atoms with E-state index in [9.17, 15) is 4.79 Å². The number of hydrogen-bond donors (Lipinski definition) is 1. The molecule has 0 atom stereocenters. The fraction of sp³-hybridized carbons (Fsp3) is 0.381. The predicted molar refractivity (Wildman–Crippen MR) is 111 cm³/mol.